The number of aliphatic hydroxyl groups is 1. The third kappa shape index (κ3) is 4.97. The Bertz CT molecular complexity index is 336. The molecule has 0 spiro atoms. The third-order valence-electron chi connectivity index (χ3n) is 3.50. The molecule has 1 fully saturated rings. The number of nitrogens with zero attached hydrogens (tertiary/aromatic N) is 2. The molecule has 0 aliphatic carbocycles. The predicted molar refractivity (Wildman–Crippen MR) is 74.5 cm³/mol. The van der Waals surface area contributed by atoms with Crippen LogP contribution in [0.5, 0.6) is 0 Å². The quantitative estimate of drug-likeness (QED) is 0.651. The van der Waals surface area contributed by atoms with Gasteiger partial charge in [0.25, 0.3) is 0 Å². The second-order valence-electron chi connectivity index (χ2n) is 5.42. The van der Waals surface area contributed by atoms with Crippen molar-refractivity contribution in [1.82, 2.24) is 15.1 Å². The number of carbonyl (C=O) groups is 2. The van der Waals surface area contributed by atoms with Gasteiger partial charge in [-0.05, 0) is 18.9 Å². The maximum absolute atomic E-state index is 12.1. The Balaban J connectivity index is 2.52. The van der Waals surface area contributed by atoms with Crippen molar-refractivity contribution in [2.45, 2.75) is 26.3 Å². The van der Waals surface area contributed by atoms with Crippen LogP contribution in [0.2, 0.25) is 0 Å². The fraction of sp³-hybridized carbons (Fsp3) is 0.846. The summed E-state index contributed by atoms with van der Waals surface area (Å²) in [5.41, 5.74) is 0. The molecule has 7 heteroatoms. The van der Waals surface area contributed by atoms with Gasteiger partial charge in [-0.1, -0.05) is 13.8 Å². The molecular weight excluding hydrogens is 262 g/mol. The molecule has 20 heavy (non-hydrogen) atoms. The summed E-state index contributed by atoms with van der Waals surface area (Å²) in [5, 5.41) is 20.6. The van der Waals surface area contributed by atoms with Gasteiger partial charge in [0.05, 0.1) is 6.61 Å². The maximum Gasteiger partial charge on any atom is 0.326 e. The highest BCUT2D eigenvalue weighted by Crippen LogP contribution is 2.06. The summed E-state index contributed by atoms with van der Waals surface area (Å²) in [6, 6.07) is -1.18. The molecule has 0 bridgehead atoms. The lowest BCUT2D eigenvalue weighted by atomic mass is 10.1. The van der Waals surface area contributed by atoms with Gasteiger partial charge >= 0.3 is 12.0 Å². The number of amides is 2. The molecule has 116 valence electrons. The van der Waals surface area contributed by atoms with E-state index in [1.54, 1.807) is 18.7 Å². The van der Waals surface area contributed by atoms with E-state index in [0.717, 1.165) is 13.0 Å². The van der Waals surface area contributed by atoms with Gasteiger partial charge in [-0.2, -0.15) is 0 Å². The van der Waals surface area contributed by atoms with Gasteiger partial charge in [0, 0.05) is 26.2 Å². The van der Waals surface area contributed by atoms with Crippen molar-refractivity contribution in [1.29, 1.82) is 0 Å². The molecule has 0 unspecified atom stereocenters. The zero-order valence-electron chi connectivity index (χ0n) is 12.2. The number of carbonyl (C=O) groups excluding carboxylic acids is 1. The summed E-state index contributed by atoms with van der Waals surface area (Å²) < 4.78 is 0. The molecular formula is C13H25N3O4. The minimum Gasteiger partial charge on any atom is -0.480 e. The highest BCUT2D eigenvalue weighted by Gasteiger charge is 2.26. The van der Waals surface area contributed by atoms with Crippen LogP contribution in [0.4, 0.5) is 4.79 Å². The van der Waals surface area contributed by atoms with Gasteiger partial charge < -0.3 is 20.4 Å². The highest BCUT2D eigenvalue weighted by atomic mass is 16.4. The first-order chi connectivity index (χ1) is 9.45. The predicted octanol–water partition coefficient (Wildman–Crippen LogP) is -0.195. The Morgan fingerprint density at radius 1 is 1.20 bits per heavy atom. The summed E-state index contributed by atoms with van der Waals surface area (Å²) in [6.45, 7) is 6.97. The molecule has 1 heterocycles. The molecule has 1 atom stereocenters. The minimum atomic E-state index is -1.01. The average Bonchev–Trinajstić information content (AvgIpc) is 2.61. The molecule has 1 aliphatic heterocycles. The standard InChI is InChI=1S/C13H25N3O4/c1-10(2)11(12(18)19)14-13(20)16-5-3-4-15(6-7-16)8-9-17/h10-11,17H,3-9H2,1-2H3,(H,14,20)(H,18,19)/t11-/m0/s1. The summed E-state index contributed by atoms with van der Waals surface area (Å²) in [5.74, 6) is -1.17. The Morgan fingerprint density at radius 2 is 1.90 bits per heavy atom. The summed E-state index contributed by atoms with van der Waals surface area (Å²) >= 11 is 0. The monoisotopic (exact) mass is 287 g/mol. The van der Waals surface area contributed by atoms with E-state index in [4.69, 9.17) is 10.2 Å². The van der Waals surface area contributed by atoms with Gasteiger partial charge in [-0.15, -0.1) is 0 Å². The van der Waals surface area contributed by atoms with E-state index in [0.29, 0.717) is 26.2 Å². The van der Waals surface area contributed by atoms with E-state index < -0.39 is 12.0 Å². The number of aliphatic hydroxyl groups excluding tert-OH is 1. The number of β-amino-alcohol motifs (C(OH)–C–C–N with tert-alkyl or cyclic N) is 1. The number of hydrogen-bond donors (Lipinski definition) is 3. The van der Waals surface area contributed by atoms with Crippen molar-refractivity contribution in [3.8, 4) is 0 Å². The number of rotatable bonds is 5. The smallest absolute Gasteiger partial charge is 0.326 e. The molecule has 0 radical (unpaired) electrons. The molecule has 0 aromatic rings. The molecule has 1 rings (SSSR count). The fourth-order valence-electron chi connectivity index (χ4n) is 2.28. The first-order valence-electron chi connectivity index (χ1n) is 7.07. The molecule has 1 aliphatic rings. The lowest BCUT2D eigenvalue weighted by Gasteiger charge is -2.25. The summed E-state index contributed by atoms with van der Waals surface area (Å²) in [4.78, 5) is 27.0. The number of carboxylic acids is 1. The second-order valence-corrected chi connectivity index (χ2v) is 5.42. The number of aliphatic carboxylic acids is 1. The minimum absolute atomic E-state index is 0.112. The first kappa shape index (κ1) is 16.7. The van der Waals surface area contributed by atoms with Crippen molar-refractivity contribution in [3.63, 3.8) is 0 Å². The number of nitrogens with one attached hydrogen (secondary N) is 1. The fourth-order valence-corrected chi connectivity index (χ4v) is 2.28. The van der Waals surface area contributed by atoms with Gasteiger partial charge in [-0.25, -0.2) is 9.59 Å². The van der Waals surface area contributed by atoms with Gasteiger partial charge in [0.1, 0.15) is 6.04 Å². The molecule has 7 nitrogen and oxygen atoms in total. The lowest BCUT2D eigenvalue weighted by molar-refractivity contribution is -0.140. The van der Waals surface area contributed by atoms with E-state index in [-0.39, 0.29) is 18.6 Å². The van der Waals surface area contributed by atoms with Crippen LogP contribution in [-0.4, -0.2) is 77.4 Å². The van der Waals surface area contributed by atoms with Gasteiger partial charge in [-0.3, -0.25) is 4.90 Å². The molecule has 0 aromatic carbocycles. The van der Waals surface area contributed by atoms with Crippen molar-refractivity contribution in [3.05, 3.63) is 0 Å². The number of hydrogen-bond acceptors (Lipinski definition) is 4. The van der Waals surface area contributed by atoms with Crippen LogP contribution in [-0.2, 0) is 4.79 Å². The number of urea groups is 1. The van der Waals surface area contributed by atoms with Crippen molar-refractivity contribution >= 4 is 12.0 Å². The molecule has 3 N–H and O–H groups in total. The van der Waals surface area contributed by atoms with Crippen LogP contribution >= 0.6 is 0 Å². The van der Waals surface area contributed by atoms with Crippen LogP contribution in [0, 0.1) is 5.92 Å². The van der Waals surface area contributed by atoms with Gasteiger partial charge in [0.15, 0.2) is 0 Å². The van der Waals surface area contributed by atoms with Gasteiger partial charge in [0.2, 0.25) is 0 Å². The van der Waals surface area contributed by atoms with Crippen molar-refractivity contribution < 1.29 is 19.8 Å². The Labute approximate surface area is 119 Å². The van der Waals surface area contributed by atoms with Crippen molar-refractivity contribution in [2.75, 3.05) is 39.3 Å². The summed E-state index contributed by atoms with van der Waals surface area (Å²) in [7, 11) is 0. The highest BCUT2D eigenvalue weighted by molar-refractivity contribution is 5.82. The summed E-state index contributed by atoms with van der Waals surface area (Å²) in [6.07, 6.45) is 0.826. The largest absolute Gasteiger partial charge is 0.480 e. The van der Waals surface area contributed by atoms with E-state index in [9.17, 15) is 9.59 Å². The lowest BCUT2D eigenvalue weighted by Crippen LogP contribution is -2.50. The van der Waals surface area contributed by atoms with E-state index in [2.05, 4.69) is 10.2 Å². The SMILES string of the molecule is CC(C)[C@H](NC(=O)N1CCCN(CCO)CC1)C(=O)O. The normalized spacial score (nSPS) is 18.7. The topological polar surface area (TPSA) is 93.1 Å². The van der Waals surface area contributed by atoms with E-state index in [1.807, 2.05) is 0 Å². The molecule has 2 amide bonds. The van der Waals surface area contributed by atoms with E-state index >= 15 is 0 Å². The Hall–Kier alpha value is -1.34. The van der Waals surface area contributed by atoms with E-state index in [1.165, 1.54) is 0 Å². The zero-order valence-corrected chi connectivity index (χ0v) is 12.2. The van der Waals surface area contributed by atoms with Crippen LogP contribution in [0.3, 0.4) is 0 Å². The van der Waals surface area contributed by atoms with Crippen LogP contribution in [0.15, 0.2) is 0 Å². The number of carboxylic acid groups (broad SMARTS) is 1. The van der Waals surface area contributed by atoms with Crippen molar-refractivity contribution in [2.24, 2.45) is 5.92 Å². The molecule has 1 saturated heterocycles. The third-order valence-corrected chi connectivity index (χ3v) is 3.50. The first-order valence-corrected chi connectivity index (χ1v) is 7.07. The second kappa shape index (κ2) is 8.06. The Morgan fingerprint density at radius 3 is 2.45 bits per heavy atom. The zero-order chi connectivity index (χ0) is 15.1. The molecule has 0 aromatic heterocycles. The maximum atomic E-state index is 12.1. The van der Waals surface area contributed by atoms with Crippen LogP contribution in [0.25, 0.3) is 0 Å². The van der Waals surface area contributed by atoms with Crippen LogP contribution in [0.1, 0.15) is 20.3 Å². The van der Waals surface area contributed by atoms with Crippen LogP contribution < -0.4 is 5.32 Å². The Kier molecular flexibility index (Phi) is 6.74. The molecule has 0 saturated carbocycles. The average molecular weight is 287 g/mol.